The standard InChI is InChI=1S/C21H24N2O3/c1-21(2,25)11-9-18-7-8-19(26-18)20(24)22-12-14-23-13-10-16-5-3-4-6-17(16)15-23/h3-8,25H,10,12-15H2,1-2H3,(H,22,24). The first kappa shape index (κ1) is 18.2. The number of hydrogen-bond acceptors (Lipinski definition) is 4. The molecule has 2 N–H and O–H groups in total. The quantitative estimate of drug-likeness (QED) is 0.828. The van der Waals surface area contributed by atoms with Crippen LogP contribution in [0.5, 0.6) is 0 Å². The number of rotatable bonds is 4. The first-order chi connectivity index (χ1) is 12.4. The van der Waals surface area contributed by atoms with Gasteiger partial charge in [0.25, 0.3) is 5.91 Å². The van der Waals surface area contributed by atoms with E-state index in [-0.39, 0.29) is 11.7 Å². The molecule has 0 bridgehead atoms. The molecular formula is C21H24N2O3. The normalized spacial score (nSPS) is 14.3. The Morgan fingerprint density at radius 3 is 2.81 bits per heavy atom. The van der Waals surface area contributed by atoms with Gasteiger partial charge < -0.3 is 14.8 Å². The molecule has 5 heteroatoms. The molecule has 0 atom stereocenters. The van der Waals surface area contributed by atoms with Gasteiger partial charge in [-0.15, -0.1) is 0 Å². The maximum Gasteiger partial charge on any atom is 0.287 e. The average molecular weight is 352 g/mol. The van der Waals surface area contributed by atoms with E-state index in [1.54, 1.807) is 26.0 Å². The Bertz CT molecular complexity index is 837. The third-order valence-electron chi connectivity index (χ3n) is 4.24. The Morgan fingerprint density at radius 2 is 2.04 bits per heavy atom. The number of nitrogens with one attached hydrogen (secondary N) is 1. The Kier molecular flexibility index (Phi) is 5.46. The topological polar surface area (TPSA) is 65.7 Å². The highest BCUT2D eigenvalue weighted by molar-refractivity contribution is 5.91. The summed E-state index contributed by atoms with van der Waals surface area (Å²) >= 11 is 0. The number of benzene rings is 1. The smallest absolute Gasteiger partial charge is 0.287 e. The van der Waals surface area contributed by atoms with Gasteiger partial charge in [-0.3, -0.25) is 9.69 Å². The number of aliphatic hydroxyl groups is 1. The fraction of sp³-hybridized carbons (Fsp3) is 0.381. The molecule has 1 aromatic carbocycles. The van der Waals surface area contributed by atoms with Gasteiger partial charge in [-0.1, -0.05) is 30.2 Å². The summed E-state index contributed by atoms with van der Waals surface area (Å²) < 4.78 is 5.42. The van der Waals surface area contributed by atoms with E-state index in [9.17, 15) is 9.90 Å². The summed E-state index contributed by atoms with van der Waals surface area (Å²) in [5, 5.41) is 12.5. The van der Waals surface area contributed by atoms with Gasteiger partial charge in [-0.2, -0.15) is 0 Å². The van der Waals surface area contributed by atoms with Crippen LogP contribution in [0.25, 0.3) is 0 Å². The van der Waals surface area contributed by atoms with Crippen LogP contribution in [0.1, 0.15) is 41.3 Å². The lowest BCUT2D eigenvalue weighted by atomic mass is 10.00. The van der Waals surface area contributed by atoms with E-state index in [1.165, 1.54) is 11.1 Å². The van der Waals surface area contributed by atoms with E-state index in [0.29, 0.717) is 12.3 Å². The fourth-order valence-corrected chi connectivity index (χ4v) is 2.90. The van der Waals surface area contributed by atoms with Gasteiger partial charge in [0.05, 0.1) is 0 Å². The third kappa shape index (κ3) is 4.98. The number of nitrogens with zero attached hydrogens (tertiary/aromatic N) is 1. The maximum atomic E-state index is 12.2. The van der Waals surface area contributed by atoms with Crippen LogP contribution in [-0.4, -0.2) is 41.1 Å². The van der Waals surface area contributed by atoms with Crippen molar-refractivity contribution in [2.24, 2.45) is 0 Å². The van der Waals surface area contributed by atoms with Crippen molar-refractivity contribution in [3.05, 3.63) is 59.0 Å². The number of hydrogen-bond donors (Lipinski definition) is 2. The second-order valence-corrected chi connectivity index (χ2v) is 7.02. The Hall–Kier alpha value is -2.55. The lowest BCUT2D eigenvalue weighted by molar-refractivity contribution is 0.0919. The summed E-state index contributed by atoms with van der Waals surface area (Å²) in [5.74, 6) is 5.73. The molecule has 0 fully saturated rings. The molecule has 136 valence electrons. The van der Waals surface area contributed by atoms with Gasteiger partial charge in [0.15, 0.2) is 11.5 Å². The van der Waals surface area contributed by atoms with Crippen LogP contribution in [0.4, 0.5) is 0 Å². The van der Waals surface area contributed by atoms with Gasteiger partial charge in [-0.05, 0) is 49.4 Å². The minimum Gasteiger partial charge on any atom is -0.443 e. The van der Waals surface area contributed by atoms with Gasteiger partial charge in [-0.25, -0.2) is 0 Å². The molecule has 1 aliphatic rings. The second kappa shape index (κ2) is 7.77. The number of amides is 1. The third-order valence-corrected chi connectivity index (χ3v) is 4.24. The Morgan fingerprint density at radius 1 is 1.27 bits per heavy atom. The van der Waals surface area contributed by atoms with E-state index >= 15 is 0 Å². The Balaban J connectivity index is 1.48. The van der Waals surface area contributed by atoms with Crippen molar-refractivity contribution in [3.8, 4) is 11.8 Å². The van der Waals surface area contributed by atoms with Crippen molar-refractivity contribution in [3.63, 3.8) is 0 Å². The number of carbonyl (C=O) groups excluding carboxylic acids is 1. The lowest BCUT2D eigenvalue weighted by Crippen LogP contribution is -2.37. The summed E-state index contributed by atoms with van der Waals surface area (Å²) in [6.45, 7) is 6.47. The molecule has 0 saturated heterocycles. The van der Waals surface area contributed by atoms with Crippen molar-refractivity contribution in [1.29, 1.82) is 0 Å². The monoisotopic (exact) mass is 352 g/mol. The Labute approximate surface area is 154 Å². The van der Waals surface area contributed by atoms with Crippen molar-refractivity contribution >= 4 is 5.91 Å². The highest BCUT2D eigenvalue weighted by Gasteiger charge is 2.16. The van der Waals surface area contributed by atoms with Crippen LogP contribution in [0.15, 0.2) is 40.8 Å². The highest BCUT2D eigenvalue weighted by Crippen LogP contribution is 2.17. The molecule has 2 aromatic rings. The summed E-state index contributed by atoms with van der Waals surface area (Å²) in [5.41, 5.74) is 1.69. The van der Waals surface area contributed by atoms with Gasteiger partial charge in [0.1, 0.15) is 5.60 Å². The first-order valence-electron chi connectivity index (χ1n) is 8.83. The highest BCUT2D eigenvalue weighted by atomic mass is 16.3. The van der Waals surface area contributed by atoms with Crippen LogP contribution >= 0.6 is 0 Å². The maximum absolute atomic E-state index is 12.2. The van der Waals surface area contributed by atoms with Crippen LogP contribution in [0.2, 0.25) is 0 Å². The lowest BCUT2D eigenvalue weighted by Gasteiger charge is -2.28. The minimum absolute atomic E-state index is 0.231. The van der Waals surface area contributed by atoms with Crippen molar-refractivity contribution in [1.82, 2.24) is 10.2 Å². The molecule has 2 heterocycles. The zero-order valence-electron chi connectivity index (χ0n) is 15.2. The molecule has 1 amide bonds. The predicted molar refractivity (Wildman–Crippen MR) is 99.6 cm³/mol. The fourth-order valence-electron chi connectivity index (χ4n) is 2.90. The minimum atomic E-state index is -1.09. The number of fused-ring (bicyclic) bond motifs is 1. The largest absolute Gasteiger partial charge is 0.443 e. The number of carbonyl (C=O) groups is 1. The van der Waals surface area contributed by atoms with Crippen molar-refractivity contribution in [2.45, 2.75) is 32.4 Å². The van der Waals surface area contributed by atoms with Crippen LogP contribution < -0.4 is 5.32 Å². The van der Waals surface area contributed by atoms with Crippen LogP contribution in [-0.2, 0) is 13.0 Å². The van der Waals surface area contributed by atoms with Gasteiger partial charge >= 0.3 is 0 Å². The molecule has 0 aliphatic carbocycles. The van der Waals surface area contributed by atoms with E-state index in [0.717, 1.165) is 26.1 Å². The van der Waals surface area contributed by atoms with Crippen molar-refractivity contribution < 1.29 is 14.3 Å². The molecule has 0 radical (unpaired) electrons. The SMILES string of the molecule is CC(C)(O)C#Cc1ccc(C(=O)NCCN2CCc3ccccc3C2)o1. The first-order valence-corrected chi connectivity index (χ1v) is 8.83. The molecule has 5 nitrogen and oxygen atoms in total. The zero-order valence-corrected chi connectivity index (χ0v) is 15.2. The van der Waals surface area contributed by atoms with Gasteiger partial charge in [0.2, 0.25) is 0 Å². The van der Waals surface area contributed by atoms with Crippen LogP contribution in [0.3, 0.4) is 0 Å². The summed E-state index contributed by atoms with van der Waals surface area (Å²) in [6.07, 6.45) is 1.05. The second-order valence-electron chi connectivity index (χ2n) is 7.02. The molecule has 0 spiro atoms. The summed E-state index contributed by atoms with van der Waals surface area (Å²) in [4.78, 5) is 14.5. The molecule has 1 aromatic heterocycles. The molecule has 26 heavy (non-hydrogen) atoms. The predicted octanol–water partition coefficient (Wildman–Crippen LogP) is 2.19. The van der Waals surface area contributed by atoms with E-state index in [1.807, 2.05) is 0 Å². The summed E-state index contributed by atoms with van der Waals surface area (Å²) in [7, 11) is 0. The summed E-state index contributed by atoms with van der Waals surface area (Å²) in [6, 6.07) is 11.7. The molecule has 1 aliphatic heterocycles. The van der Waals surface area contributed by atoms with Crippen LogP contribution in [0, 0.1) is 11.8 Å². The molecule has 3 rings (SSSR count). The van der Waals surface area contributed by atoms with Gasteiger partial charge in [0, 0.05) is 26.2 Å². The van der Waals surface area contributed by atoms with E-state index in [2.05, 4.69) is 46.3 Å². The number of furan rings is 1. The zero-order chi connectivity index (χ0) is 18.6. The van der Waals surface area contributed by atoms with Crippen molar-refractivity contribution in [2.75, 3.05) is 19.6 Å². The van der Waals surface area contributed by atoms with E-state index in [4.69, 9.17) is 4.42 Å². The molecule has 0 unspecified atom stereocenters. The average Bonchev–Trinajstić information content (AvgIpc) is 3.08. The molecule has 0 saturated carbocycles. The van der Waals surface area contributed by atoms with E-state index < -0.39 is 5.60 Å². The molecular weight excluding hydrogens is 328 g/mol.